The van der Waals surface area contributed by atoms with E-state index in [1.54, 1.807) is 23.1 Å². The van der Waals surface area contributed by atoms with Gasteiger partial charge in [0.25, 0.3) is 5.91 Å². The third-order valence-corrected chi connectivity index (χ3v) is 5.78. The number of aryl methyl sites for hydroxylation is 2. The van der Waals surface area contributed by atoms with Crippen LogP contribution in [0.3, 0.4) is 0 Å². The summed E-state index contributed by atoms with van der Waals surface area (Å²) in [7, 11) is 1.86. The molecule has 0 saturated carbocycles. The Morgan fingerprint density at radius 3 is 2.94 bits per heavy atom. The lowest BCUT2D eigenvalue weighted by molar-refractivity contribution is 0.102. The van der Waals surface area contributed by atoms with E-state index in [4.69, 9.17) is 4.42 Å². The number of nitrogens with one attached hydrogen (secondary N) is 1. The molecule has 4 aromatic rings. The molecule has 1 saturated heterocycles. The van der Waals surface area contributed by atoms with E-state index >= 15 is 0 Å². The first kappa shape index (κ1) is 22.8. The Bertz CT molecular complexity index is 1300. The molecule has 4 heterocycles. The molecule has 33 heavy (non-hydrogen) atoms. The van der Waals surface area contributed by atoms with E-state index in [0.717, 1.165) is 34.3 Å². The van der Waals surface area contributed by atoms with Gasteiger partial charge in [-0.15, -0.1) is 12.4 Å². The highest BCUT2D eigenvalue weighted by Crippen LogP contribution is 2.34. The van der Waals surface area contributed by atoms with Crippen LogP contribution in [0.2, 0.25) is 0 Å². The summed E-state index contributed by atoms with van der Waals surface area (Å²) in [6.07, 6.45) is 5.97. The summed E-state index contributed by atoms with van der Waals surface area (Å²) >= 11 is 0. The number of rotatable bonds is 5. The van der Waals surface area contributed by atoms with Gasteiger partial charge in [0.05, 0.1) is 29.2 Å². The smallest absolute Gasteiger partial charge is 0.277 e. The zero-order chi connectivity index (χ0) is 22.2. The van der Waals surface area contributed by atoms with Crippen LogP contribution in [0.15, 0.2) is 47.3 Å². The number of amides is 1. The zero-order valence-corrected chi connectivity index (χ0v) is 19.2. The summed E-state index contributed by atoms with van der Waals surface area (Å²) in [6, 6.07) is 7.60. The predicted octanol–water partition coefficient (Wildman–Crippen LogP) is 3.43. The summed E-state index contributed by atoms with van der Waals surface area (Å²) in [5, 5.41) is 18.3. The highest BCUT2D eigenvalue weighted by Gasteiger charge is 2.25. The number of benzene rings is 1. The molecule has 1 amide bonds. The van der Waals surface area contributed by atoms with Gasteiger partial charge in [-0.1, -0.05) is 6.92 Å². The first-order valence-electron chi connectivity index (χ1n) is 10.6. The molecule has 5 rings (SSSR count). The summed E-state index contributed by atoms with van der Waals surface area (Å²) in [4.78, 5) is 23.8. The number of halogens is 1. The van der Waals surface area contributed by atoms with Crippen molar-refractivity contribution in [2.24, 2.45) is 7.05 Å². The quantitative estimate of drug-likeness (QED) is 0.461. The Balaban J connectivity index is 0.00000259. The van der Waals surface area contributed by atoms with Gasteiger partial charge < -0.3 is 19.7 Å². The molecule has 1 fully saturated rings. The van der Waals surface area contributed by atoms with E-state index in [2.05, 4.69) is 25.3 Å². The van der Waals surface area contributed by atoms with Crippen molar-refractivity contribution in [3.63, 3.8) is 0 Å². The number of carbonyl (C=O) groups excluding carboxylic acids is 1. The van der Waals surface area contributed by atoms with Crippen LogP contribution in [0, 0.1) is 0 Å². The number of aliphatic hydroxyl groups excluding tert-OH is 1. The number of carbonyl (C=O) groups is 1. The number of nitrogens with zero attached hydrogens (tertiary/aromatic N) is 5. The molecule has 0 spiro atoms. The fourth-order valence-corrected chi connectivity index (χ4v) is 4.01. The standard InChI is InChI=1S/C23H24N6O3.ClH/c1-3-16-8-14(4-6-24-16)23-27-19(13-32-23)22(31)26-18-10-20-15(11-25-28(20)2)9-21(18)29-7-5-17(30)12-29;/h4,6,8-11,13,17,30H,3,5,7,12H2,1-2H3,(H,26,31);1H. The van der Waals surface area contributed by atoms with E-state index < -0.39 is 0 Å². The maximum Gasteiger partial charge on any atom is 0.277 e. The number of hydrogen-bond donors (Lipinski definition) is 2. The van der Waals surface area contributed by atoms with Crippen molar-refractivity contribution >= 4 is 40.6 Å². The minimum Gasteiger partial charge on any atom is -0.444 e. The number of fused-ring (bicyclic) bond motifs is 1. The van der Waals surface area contributed by atoms with Crippen LogP contribution in [0.25, 0.3) is 22.4 Å². The molecule has 9 nitrogen and oxygen atoms in total. The lowest BCUT2D eigenvalue weighted by Crippen LogP contribution is -2.23. The summed E-state index contributed by atoms with van der Waals surface area (Å²) in [5.74, 6) is 0.00418. The highest BCUT2D eigenvalue weighted by atomic mass is 35.5. The molecule has 3 aromatic heterocycles. The first-order chi connectivity index (χ1) is 15.5. The van der Waals surface area contributed by atoms with Crippen molar-refractivity contribution in [1.82, 2.24) is 19.7 Å². The molecule has 1 aliphatic heterocycles. The third-order valence-electron chi connectivity index (χ3n) is 5.78. The van der Waals surface area contributed by atoms with Gasteiger partial charge in [0.15, 0.2) is 5.69 Å². The van der Waals surface area contributed by atoms with Gasteiger partial charge in [-0.2, -0.15) is 5.10 Å². The average Bonchev–Trinajstić information content (AvgIpc) is 3.54. The van der Waals surface area contributed by atoms with Crippen LogP contribution in [-0.2, 0) is 13.5 Å². The first-order valence-corrected chi connectivity index (χ1v) is 10.6. The molecule has 2 N–H and O–H groups in total. The van der Waals surface area contributed by atoms with Crippen LogP contribution in [0.4, 0.5) is 11.4 Å². The van der Waals surface area contributed by atoms with E-state index in [1.807, 2.05) is 32.2 Å². The minimum absolute atomic E-state index is 0. The Labute approximate surface area is 196 Å². The molecule has 0 radical (unpaired) electrons. The van der Waals surface area contributed by atoms with Gasteiger partial charge in [-0.25, -0.2) is 4.98 Å². The zero-order valence-electron chi connectivity index (χ0n) is 18.4. The highest BCUT2D eigenvalue weighted by molar-refractivity contribution is 6.06. The fourth-order valence-electron chi connectivity index (χ4n) is 4.01. The van der Waals surface area contributed by atoms with Gasteiger partial charge in [0.1, 0.15) is 6.26 Å². The number of oxazole rings is 1. The van der Waals surface area contributed by atoms with Gasteiger partial charge in [-0.3, -0.25) is 14.5 Å². The monoisotopic (exact) mass is 468 g/mol. The maximum atomic E-state index is 13.0. The van der Waals surface area contributed by atoms with Crippen molar-refractivity contribution in [2.75, 3.05) is 23.3 Å². The van der Waals surface area contributed by atoms with Gasteiger partial charge in [0, 0.05) is 43.0 Å². The molecule has 1 aromatic carbocycles. The maximum absolute atomic E-state index is 13.0. The number of hydrogen-bond acceptors (Lipinski definition) is 7. The average molecular weight is 469 g/mol. The molecule has 0 aliphatic carbocycles. The minimum atomic E-state index is -0.380. The molecule has 1 atom stereocenters. The van der Waals surface area contributed by atoms with Crippen LogP contribution in [0.5, 0.6) is 0 Å². The van der Waals surface area contributed by atoms with Crippen molar-refractivity contribution < 1.29 is 14.3 Å². The van der Waals surface area contributed by atoms with E-state index in [1.165, 1.54) is 6.26 Å². The number of anilines is 2. The molecule has 1 aliphatic rings. The summed E-state index contributed by atoms with van der Waals surface area (Å²) in [6.45, 7) is 3.26. The second kappa shape index (κ2) is 9.21. The Kier molecular flexibility index (Phi) is 6.35. The fraction of sp³-hybridized carbons (Fsp3) is 0.304. The van der Waals surface area contributed by atoms with Crippen LogP contribution < -0.4 is 10.2 Å². The second-order valence-corrected chi connectivity index (χ2v) is 7.97. The van der Waals surface area contributed by atoms with Crippen LogP contribution in [-0.4, -0.2) is 50.0 Å². The van der Waals surface area contributed by atoms with E-state index in [0.29, 0.717) is 31.1 Å². The normalized spacial score (nSPS) is 15.6. The molecule has 172 valence electrons. The van der Waals surface area contributed by atoms with Gasteiger partial charge >= 0.3 is 0 Å². The van der Waals surface area contributed by atoms with Crippen LogP contribution >= 0.6 is 12.4 Å². The van der Waals surface area contributed by atoms with Crippen molar-refractivity contribution in [3.8, 4) is 11.5 Å². The lowest BCUT2D eigenvalue weighted by Gasteiger charge is -2.22. The molecule has 1 unspecified atom stereocenters. The Hall–Kier alpha value is -3.43. The predicted molar refractivity (Wildman–Crippen MR) is 128 cm³/mol. The van der Waals surface area contributed by atoms with Crippen molar-refractivity contribution in [1.29, 1.82) is 0 Å². The number of pyridine rings is 1. The topological polar surface area (TPSA) is 109 Å². The van der Waals surface area contributed by atoms with E-state index in [9.17, 15) is 9.90 Å². The lowest BCUT2D eigenvalue weighted by atomic mass is 10.1. The van der Waals surface area contributed by atoms with Crippen molar-refractivity contribution in [3.05, 3.63) is 54.3 Å². The molecular formula is C23H25ClN6O3. The van der Waals surface area contributed by atoms with Gasteiger partial charge in [-0.05, 0) is 37.1 Å². The third kappa shape index (κ3) is 4.42. The summed E-state index contributed by atoms with van der Waals surface area (Å²) in [5.41, 5.74) is 4.27. The number of aliphatic hydroxyl groups is 1. The largest absolute Gasteiger partial charge is 0.444 e. The Morgan fingerprint density at radius 1 is 1.33 bits per heavy atom. The summed E-state index contributed by atoms with van der Waals surface area (Å²) < 4.78 is 7.33. The second-order valence-electron chi connectivity index (χ2n) is 7.97. The SMILES string of the molecule is CCc1cc(-c2nc(C(=O)Nc3cc4c(cnn4C)cc3N3CCC(O)C3)co2)ccn1.Cl. The molecule has 10 heteroatoms. The van der Waals surface area contributed by atoms with Crippen molar-refractivity contribution in [2.45, 2.75) is 25.9 Å². The number of β-amino-alcohol motifs (C(OH)–C–C–N with tert-alkyl or cyclic N) is 1. The molecular weight excluding hydrogens is 444 g/mol. The molecule has 0 bridgehead atoms. The van der Waals surface area contributed by atoms with E-state index in [-0.39, 0.29) is 30.1 Å². The number of aromatic nitrogens is 4. The Morgan fingerprint density at radius 2 is 2.18 bits per heavy atom. The van der Waals surface area contributed by atoms with Gasteiger partial charge in [0.2, 0.25) is 5.89 Å². The van der Waals surface area contributed by atoms with Crippen LogP contribution in [0.1, 0.15) is 29.5 Å².